The number of nitrogens with zero attached hydrogens (tertiary/aromatic N) is 2. The summed E-state index contributed by atoms with van der Waals surface area (Å²) >= 11 is 0. The molecule has 0 N–H and O–H groups in total. The molecule has 11 aromatic carbocycles. The number of fused-ring (bicyclic) bond motifs is 5. The van der Waals surface area contributed by atoms with Crippen molar-refractivity contribution in [1.29, 1.82) is 0 Å². The molecule has 0 saturated heterocycles. The topological polar surface area (TPSA) is 19.6 Å². The molecule has 0 atom stereocenters. The molecule has 0 bridgehead atoms. The van der Waals surface area contributed by atoms with Crippen molar-refractivity contribution >= 4 is 66.8 Å². The minimum atomic E-state index is 0.797. The van der Waals surface area contributed by atoms with Crippen LogP contribution in [0.3, 0.4) is 0 Å². The number of rotatable bonds is 10. The average molecular weight is 857 g/mol. The van der Waals surface area contributed by atoms with Crippen LogP contribution in [0.1, 0.15) is 0 Å². The molecule has 0 aliphatic carbocycles. The highest BCUT2D eigenvalue weighted by atomic mass is 16.3. The normalized spacial score (nSPS) is 11.3. The highest BCUT2D eigenvalue weighted by Gasteiger charge is 2.27. The maximum atomic E-state index is 7.39. The fourth-order valence-electron chi connectivity index (χ4n) is 9.74. The first-order valence-electron chi connectivity index (χ1n) is 22.8. The molecule has 3 heteroatoms. The zero-order valence-electron chi connectivity index (χ0n) is 36.7. The number of hydrogen-bond acceptors (Lipinski definition) is 3. The summed E-state index contributed by atoms with van der Waals surface area (Å²) in [7, 11) is 0. The van der Waals surface area contributed by atoms with Gasteiger partial charge in [-0.05, 0) is 117 Å². The fourth-order valence-corrected chi connectivity index (χ4v) is 9.74. The maximum Gasteiger partial charge on any atom is 0.161 e. The zero-order valence-corrected chi connectivity index (χ0v) is 36.7. The van der Waals surface area contributed by atoms with Gasteiger partial charge in [0.25, 0.3) is 0 Å². The molecule has 12 aromatic rings. The van der Waals surface area contributed by atoms with Gasteiger partial charge in [-0.1, -0.05) is 200 Å². The SMILES string of the molecule is c1ccc(-c2ccc(N(c3ccccc3)c3ccc(N(c4ccccc4)c4ccc(-c5ccccc5)c(-c5ccccc5)c4)c4c3oc3c5ccccc5ccc34)cc2-c2ccccc2)cc1. The summed E-state index contributed by atoms with van der Waals surface area (Å²) in [5.41, 5.74) is 17.0. The van der Waals surface area contributed by atoms with Crippen LogP contribution in [-0.2, 0) is 0 Å². The summed E-state index contributed by atoms with van der Waals surface area (Å²) in [6.45, 7) is 0. The largest absolute Gasteiger partial charge is 0.453 e. The van der Waals surface area contributed by atoms with Crippen molar-refractivity contribution in [1.82, 2.24) is 0 Å². The van der Waals surface area contributed by atoms with E-state index in [-0.39, 0.29) is 0 Å². The summed E-state index contributed by atoms with van der Waals surface area (Å²) in [6, 6.07) is 95.4. The molecular weight excluding hydrogens is 813 g/mol. The van der Waals surface area contributed by atoms with Crippen LogP contribution < -0.4 is 9.80 Å². The van der Waals surface area contributed by atoms with Gasteiger partial charge in [0.1, 0.15) is 5.58 Å². The van der Waals surface area contributed by atoms with E-state index in [2.05, 4.69) is 277 Å². The van der Waals surface area contributed by atoms with Crippen molar-refractivity contribution in [2.75, 3.05) is 9.80 Å². The van der Waals surface area contributed by atoms with Gasteiger partial charge in [0, 0.05) is 33.5 Å². The van der Waals surface area contributed by atoms with E-state index in [1.165, 1.54) is 22.3 Å². The van der Waals surface area contributed by atoms with Crippen molar-refractivity contribution in [2.24, 2.45) is 0 Å². The van der Waals surface area contributed by atoms with Crippen LogP contribution in [0.4, 0.5) is 34.1 Å². The summed E-state index contributed by atoms with van der Waals surface area (Å²) in [4.78, 5) is 4.75. The van der Waals surface area contributed by atoms with Gasteiger partial charge >= 0.3 is 0 Å². The molecule has 0 unspecified atom stereocenters. The Morgan fingerprint density at radius 2 is 0.657 bits per heavy atom. The van der Waals surface area contributed by atoms with Gasteiger partial charge < -0.3 is 14.2 Å². The van der Waals surface area contributed by atoms with Crippen LogP contribution in [-0.4, -0.2) is 0 Å². The van der Waals surface area contributed by atoms with E-state index in [0.717, 1.165) is 89.1 Å². The molecule has 0 aliphatic heterocycles. The summed E-state index contributed by atoms with van der Waals surface area (Å²) in [6.07, 6.45) is 0. The molecule has 3 nitrogen and oxygen atoms in total. The van der Waals surface area contributed by atoms with Crippen LogP contribution in [0.5, 0.6) is 0 Å². The first-order valence-corrected chi connectivity index (χ1v) is 22.8. The van der Waals surface area contributed by atoms with Crippen LogP contribution >= 0.6 is 0 Å². The molecule has 1 heterocycles. The molecular formula is C64H44N2O. The van der Waals surface area contributed by atoms with Crippen molar-refractivity contribution in [2.45, 2.75) is 0 Å². The minimum absolute atomic E-state index is 0.797. The Kier molecular flexibility index (Phi) is 10.2. The molecule has 316 valence electrons. The molecule has 0 radical (unpaired) electrons. The van der Waals surface area contributed by atoms with E-state index in [9.17, 15) is 0 Å². The average Bonchev–Trinajstić information content (AvgIpc) is 3.82. The molecule has 12 rings (SSSR count). The Hall–Kier alpha value is -8.92. The smallest absolute Gasteiger partial charge is 0.161 e. The number of para-hydroxylation sites is 2. The molecule has 0 saturated carbocycles. The van der Waals surface area contributed by atoms with Crippen LogP contribution in [0.15, 0.2) is 271 Å². The van der Waals surface area contributed by atoms with Gasteiger partial charge in [-0.15, -0.1) is 0 Å². The van der Waals surface area contributed by atoms with Crippen LogP contribution in [0, 0.1) is 0 Å². The summed E-state index contributed by atoms with van der Waals surface area (Å²) in [5, 5.41) is 4.28. The quantitative estimate of drug-likeness (QED) is 0.137. The third-order valence-electron chi connectivity index (χ3n) is 12.8. The molecule has 1 aromatic heterocycles. The number of furan rings is 1. The van der Waals surface area contributed by atoms with Crippen molar-refractivity contribution in [3.05, 3.63) is 267 Å². The van der Waals surface area contributed by atoms with E-state index in [1.54, 1.807) is 0 Å². The van der Waals surface area contributed by atoms with Gasteiger partial charge in [0.05, 0.1) is 16.8 Å². The molecule has 0 spiro atoms. The van der Waals surface area contributed by atoms with Crippen molar-refractivity contribution in [3.63, 3.8) is 0 Å². The summed E-state index contributed by atoms with van der Waals surface area (Å²) < 4.78 is 7.39. The lowest BCUT2D eigenvalue weighted by atomic mass is 9.93. The van der Waals surface area contributed by atoms with Gasteiger partial charge in [-0.2, -0.15) is 0 Å². The second-order valence-corrected chi connectivity index (χ2v) is 16.8. The third-order valence-corrected chi connectivity index (χ3v) is 12.8. The summed E-state index contributed by atoms with van der Waals surface area (Å²) in [5.74, 6) is 0. The minimum Gasteiger partial charge on any atom is -0.453 e. The Balaban J connectivity index is 1.14. The fraction of sp³-hybridized carbons (Fsp3) is 0. The lowest BCUT2D eigenvalue weighted by molar-refractivity contribution is 0.673. The zero-order chi connectivity index (χ0) is 44.5. The Morgan fingerprint density at radius 3 is 1.15 bits per heavy atom. The predicted molar refractivity (Wildman–Crippen MR) is 282 cm³/mol. The van der Waals surface area contributed by atoms with Gasteiger partial charge in [0.2, 0.25) is 0 Å². The third kappa shape index (κ3) is 7.29. The number of hydrogen-bond donors (Lipinski definition) is 0. The highest BCUT2D eigenvalue weighted by molar-refractivity contribution is 6.22. The first kappa shape index (κ1) is 39.7. The second-order valence-electron chi connectivity index (χ2n) is 16.8. The highest BCUT2D eigenvalue weighted by Crippen LogP contribution is 2.51. The number of anilines is 6. The van der Waals surface area contributed by atoms with E-state index in [4.69, 9.17) is 4.42 Å². The van der Waals surface area contributed by atoms with Crippen molar-refractivity contribution < 1.29 is 4.42 Å². The predicted octanol–water partition coefficient (Wildman–Crippen LogP) is 18.3. The van der Waals surface area contributed by atoms with Crippen LogP contribution in [0.2, 0.25) is 0 Å². The molecule has 0 fully saturated rings. The maximum absolute atomic E-state index is 7.39. The number of benzene rings is 11. The lowest BCUT2D eigenvalue weighted by Crippen LogP contribution is -2.13. The molecule has 0 aliphatic rings. The Labute approximate surface area is 390 Å². The first-order chi connectivity index (χ1) is 33.3. The van der Waals surface area contributed by atoms with Gasteiger partial charge in [0.15, 0.2) is 5.58 Å². The van der Waals surface area contributed by atoms with E-state index >= 15 is 0 Å². The Bertz CT molecular complexity index is 3670. The lowest BCUT2D eigenvalue weighted by Gasteiger charge is -2.30. The molecule has 0 amide bonds. The van der Waals surface area contributed by atoms with Crippen molar-refractivity contribution in [3.8, 4) is 44.5 Å². The Morgan fingerprint density at radius 1 is 0.254 bits per heavy atom. The van der Waals surface area contributed by atoms with Gasteiger partial charge in [-0.25, -0.2) is 0 Å². The van der Waals surface area contributed by atoms with E-state index in [0.29, 0.717) is 0 Å². The van der Waals surface area contributed by atoms with Crippen LogP contribution in [0.25, 0.3) is 77.2 Å². The van der Waals surface area contributed by atoms with E-state index in [1.807, 2.05) is 0 Å². The standard InChI is InChI=1S/C64H44N2O/c1-7-21-45(22-8-1)54-39-36-52(43-58(54)47-25-11-3-12-26-47)65(50-30-15-5-16-31-50)60-41-42-61(64-62(60)57-38-35-49-29-19-20-34-56(49)63(57)67-64)66(51-32-17-6-18-33-51)53-37-40-55(46-23-9-2-10-24-46)59(44-53)48-27-13-4-14-28-48/h1-44H. The molecule has 67 heavy (non-hydrogen) atoms. The monoisotopic (exact) mass is 856 g/mol. The second kappa shape index (κ2) is 17.2. The van der Waals surface area contributed by atoms with E-state index < -0.39 is 0 Å². The van der Waals surface area contributed by atoms with Gasteiger partial charge in [-0.3, -0.25) is 0 Å².